The van der Waals surface area contributed by atoms with Crippen LogP contribution in [-0.4, -0.2) is 17.5 Å². The molecule has 0 bridgehead atoms. The Hall–Kier alpha value is -3.01. The van der Waals surface area contributed by atoms with Crippen LogP contribution in [0.2, 0.25) is 0 Å². The number of allylic oxidation sites excluding steroid dienone is 1. The number of nitrogens with zero attached hydrogens (tertiary/aromatic N) is 2. The summed E-state index contributed by atoms with van der Waals surface area (Å²) in [6.45, 7) is 0. The molecule has 2 aromatic rings. The van der Waals surface area contributed by atoms with Gasteiger partial charge in [0.2, 0.25) is 0 Å². The topological polar surface area (TPSA) is 99.8 Å². The number of anilines is 1. The lowest BCUT2D eigenvalue weighted by Crippen LogP contribution is -2.10. The molecule has 0 aliphatic carbocycles. The highest BCUT2D eigenvalue weighted by Crippen LogP contribution is 2.27. The van der Waals surface area contributed by atoms with Crippen molar-refractivity contribution >= 4 is 17.3 Å². The van der Waals surface area contributed by atoms with E-state index in [-0.39, 0.29) is 22.4 Å². The van der Waals surface area contributed by atoms with Gasteiger partial charge >= 0.3 is 0 Å². The van der Waals surface area contributed by atoms with E-state index >= 15 is 0 Å². The van der Waals surface area contributed by atoms with Crippen LogP contribution >= 0.6 is 0 Å². The van der Waals surface area contributed by atoms with E-state index in [1.165, 1.54) is 25.3 Å². The summed E-state index contributed by atoms with van der Waals surface area (Å²) in [4.78, 5) is 0. The summed E-state index contributed by atoms with van der Waals surface area (Å²) in [6, 6.07) is 12.7. The number of rotatable bonds is 4. The lowest BCUT2D eigenvalue weighted by Gasteiger charge is -2.12. The molecule has 22 heavy (non-hydrogen) atoms. The molecule has 0 radical (unpaired) electrons. The normalized spacial score (nSPS) is 10.9. The van der Waals surface area contributed by atoms with Crippen molar-refractivity contribution in [3.63, 3.8) is 0 Å². The third-order valence-corrected chi connectivity index (χ3v) is 3.03. The molecule has 0 atom stereocenters. The first kappa shape index (κ1) is 15.4. The fraction of sp³-hybridized carbons (Fsp3) is 0.0625. The minimum absolute atomic E-state index is 0.00260. The van der Waals surface area contributed by atoms with Gasteiger partial charge in [-0.1, -0.05) is 30.0 Å². The van der Waals surface area contributed by atoms with Gasteiger partial charge in [0.15, 0.2) is 0 Å². The average Bonchev–Trinajstić information content (AvgIpc) is 2.54. The zero-order valence-corrected chi connectivity index (χ0v) is 11.7. The zero-order valence-electron chi connectivity index (χ0n) is 11.7. The number of nitriles is 1. The van der Waals surface area contributed by atoms with Gasteiger partial charge in [-0.25, -0.2) is 0 Å². The Kier molecular flexibility index (Phi) is 4.63. The summed E-state index contributed by atoms with van der Waals surface area (Å²) >= 11 is 0. The monoisotopic (exact) mass is 297 g/mol. The van der Waals surface area contributed by atoms with Crippen LogP contribution in [0, 0.1) is 11.3 Å². The van der Waals surface area contributed by atoms with Crippen LogP contribution in [0.5, 0.6) is 11.5 Å². The van der Waals surface area contributed by atoms with Gasteiger partial charge in [-0.05, 0) is 35.4 Å². The molecule has 0 aromatic heterocycles. The Balaban J connectivity index is 2.37. The van der Waals surface area contributed by atoms with Crippen LogP contribution in [0.3, 0.4) is 0 Å². The van der Waals surface area contributed by atoms with Crippen LogP contribution in [0.15, 0.2) is 42.5 Å². The molecule has 6 heteroatoms. The number of hydrogen-bond donors (Lipinski definition) is 2. The summed E-state index contributed by atoms with van der Waals surface area (Å²) in [5, 5.41) is 38.5. The summed E-state index contributed by atoms with van der Waals surface area (Å²) in [6.07, 6.45) is 1.62. The molecule has 112 valence electrons. The van der Waals surface area contributed by atoms with E-state index in [0.717, 1.165) is 0 Å². The molecule has 2 aromatic carbocycles. The number of hydrogen-bond acceptors (Lipinski definition) is 6. The maximum absolute atomic E-state index is 11.5. The predicted molar refractivity (Wildman–Crippen MR) is 78.4 cm³/mol. The third-order valence-electron chi connectivity index (χ3n) is 3.03. The van der Waals surface area contributed by atoms with E-state index in [0.29, 0.717) is 16.7 Å². The van der Waals surface area contributed by atoms with Gasteiger partial charge in [-0.2, -0.15) is 5.26 Å². The van der Waals surface area contributed by atoms with Crippen molar-refractivity contribution < 1.29 is 20.3 Å². The Labute approximate surface area is 127 Å². The molecule has 6 nitrogen and oxygen atoms in total. The van der Waals surface area contributed by atoms with Gasteiger partial charge in [-0.3, -0.25) is 10.4 Å². The summed E-state index contributed by atoms with van der Waals surface area (Å²) in [7, 11) is 1.41. The van der Waals surface area contributed by atoms with Crippen molar-refractivity contribution in [1.29, 1.82) is 5.26 Å². The fourth-order valence-corrected chi connectivity index (χ4v) is 1.90. The molecule has 0 fully saturated rings. The van der Waals surface area contributed by atoms with Crippen molar-refractivity contribution in [2.75, 3.05) is 12.3 Å². The second kappa shape index (κ2) is 6.63. The van der Waals surface area contributed by atoms with Crippen molar-refractivity contribution in [2.24, 2.45) is 0 Å². The number of benzene rings is 2. The molecule has 2 N–H and O–H groups in total. The second-order valence-electron chi connectivity index (χ2n) is 4.42. The van der Waals surface area contributed by atoms with Gasteiger partial charge < -0.3 is 9.84 Å². The first-order valence-electron chi connectivity index (χ1n) is 6.30. The van der Waals surface area contributed by atoms with E-state index in [9.17, 15) is 10.4 Å². The lowest BCUT2D eigenvalue weighted by molar-refractivity contribution is -0.270. The van der Waals surface area contributed by atoms with Crippen LogP contribution < -0.4 is 15.1 Å². The predicted octanol–water partition coefficient (Wildman–Crippen LogP) is 2.42. The molecule has 0 aliphatic heterocycles. The Morgan fingerprint density at radius 1 is 1.23 bits per heavy atom. The zero-order chi connectivity index (χ0) is 16.1. The molecule has 0 spiro atoms. The minimum atomic E-state index is -0.228. The van der Waals surface area contributed by atoms with Crippen LogP contribution in [0.1, 0.15) is 11.1 Å². The molecule has 0 saturated carbocycles. The van der Waals surface area contributed by atoms with E-state index in [1.54, 1.807) is 30.3 Å². The highest BCUT2D eigenvalue weighted by Gasteiger charge is 2.04. The molecular formula is C16H13N2O4-. The van der Waals surface area contributed by atoms with E-state index < -0.39 is 0 Å². The first-order valence-corrected chi connectivity index (χ1v) is 6.30. The highest BCUT2D eigenvalue weighted by molar-refractivity contribution is 5.90. The molecular weight excluding hydrogens is 284 g/mol. The highest BCUT2D eigenvalue weighted by atomic mass is 16.8. The first-order chi connectivity index (χ1) is 10.5. The van der Waals surface area contributed by atoms with Crippen molar-refractivity contribution in [2.45, 2.75) is 0 Å². The van der Waals surface area contributed by atoms with Crippen molar-refractivity contribution in [3.8, 4) is 17.6 Å². The van der Waals surface area contributed by atoms with Gasteiger partial charge in [0.1, 0.15) is 5.75 Å². The van der Waals surface area contributed by atoms with Gasteiger partial charge in [0.05, 0.1) is 24.4 Å². The molecule has 0 unspecified atom stereocenters. The largest absolute Gasteiger partial charge is 0.870 e. The fourth-order valence-electron chi connectivity index (χ4n) is 1.90. The molecule has 2 rings (SSSR count). The smallest absolute Gasteiger partial charge is 0.111 e. The Morgan fingerprint density at radius 2 is 1.91 bits per heavy atom. The average molecular weight is 297 g/mol. The molecule has 0 amide bonds. The van der Waals surface area contributed by atoms with E-state index in [2.05, 4.69) is 6.07 Å². The van der Waals surface area contributed by atoms with E-state index in [4.69, 9.17) is 15.2 Å². The van der Waals surface area contributed by atoms with Crippen LogP contribution in [0.4, 0.5) is 5.69 Å². The maximum atomic E-state index is 11.5. The van der Waals surface area contributed by atoms with Crippen molar-refractivity contribution in [1.82, 2.24) is 0 Å². The van der Waals surface area contributed by atoms with Crippen LogP contribution in [0.25, 0.3) is 11.6 Å². The maximum Gasteiger partial charge on any atom is 0.111 e. The van der Waals surface area contributed by atoms with Crippen LogP contribution in [-0.2, 0) is 0 Å². The summed E-state index contributed by atoms with van der Waals surface area (Å²) in [5.74, 6) is -0.0221. The minimum Gasteiger partial charge on any atom is -0.870 e. The van der Waals surface area contributed by atoms with Gasteiger partial charge in [-0.15, -0.1) is 5.23 Å². The molecule has 0 saturated heterocycles. The summed E-state index contributed by atoms with van der Waals surface area (Å²) < 4.78 is 4.96. The Morgan fingerprint density at radius 3 is 2.45 bits per heavy atom. The SMILES string of the molecule is COc1cc(/C=C(/C#N)c2ccc(N(O)O)cc2)ccc1[O-]. The van der Waals surface area contributed by atoms with Crippen molar-refractivity contribution in [3.05, 3.63) is 53.6 Å². The lowest BCUT2D eigenvalue weighted by atomic mass is 10.0. The third kappa shape index (κ3) is 3.35. The second-order valence-corrected chi connectivity index (χ2v) is 4.42. The quantitative estimate of drug-likeness (QED) is 0.510. The molecule has 0 aliphatic rings. The standard InChI is InChI=1S/C16H14N2O4/c1-22-16-9-11(2-7-15(16)19)8-13(10-17)12-3-5-14(6-4-12)18(20)21/h2-9,19-21H,1H3/p-1/b13-8-. The molecule has 0 heterocycles. The Bertz CT molecular complexity index is 731. The number of methoxy groups -OCH3 is 1. The van der Waals surface area contributed by atoms with Gasteiger partial charge in [0, 0.05) is 0 Å². The van der Waals surface area contributed by atoms with E-state index in [1.807, 2.05) is 0 Å². The summed E-state index contributed by atoms with van der Waals surface area (Å²) in [5.41, 5.74) is 1.81. The number of ether oxygens (including phenoxy) is 1. The van der Waals surface area contributed by atoms with Gasteiger partial charge in [0.25, 0.3) is 0 Å².